The highest BCUT2D eigenvalue weighted by molar-refractivity contribution is 6.22. The van der Waals surface area contributed by atoms with Gasteiger partial charge in [-0.25, -0.2) is 0 Å². The summed E-state index contributed by atoms with van der Waals surface area (Å²) in [4.78, 5) is 2.40. The molecule has 13 aromatic rings. The van der Waals surface area contributed by atoms with Gasteiger partial charge in [0.2, 0.25) is 0 Å². The second-order valence-corrected chi connectivity index (χ2v) is 16.4. The molecule has 63 heavy (non-hydrogen) atoms. The Morgan fingerprint density at radius 1 is 0.333 bits per heavy atom. The van der Waals surface area contributed by atoms with Crippen LogP contribution in [0.25, 0.3) is 104 Å². The molecular formula is C60H38N2O. The van der Waals surface area contributed by atoms with Crippen LogP contribution in [0.3, 0.4) is 0 Å². The van der Waals surface area contributed by atoms with Crippen molar-refractivity contribution in [1.82, 2.24) is 4.57 Å². The molecule has 0 amide bonds. The van der Waals surface area contributed by atoms with Gasteiger partial charge >= 0.3 is 0 Å². The van der Waals surface area contributed by atoms with Crippen LogP contribution in [-0.4, -0.2) is 4.57 Å². The zero-order chi connectivity index (χ0) is 41.4. The van der Waals surface area contributed by atoms with Gasteiger partial charge in [0.05, 0.1) is 22.1 Å². The molecule has 0 saturated heterocycles. The summed E-state index contributed by atoms with van der Waals surface area (Å²) in [5, 5.41) is 11.9. The fourth-order valence-electron chi connectivity index (χ4n) is 10.1. The van der Waals surface area contributed by atoms with Crippen molar-refractivity contribution in [2.45, 2.75) is 0 Å². The number of benzene rings is 11. The van der Waals surface area contributed by atoms with Crippen molar-refractivity contribution in [3.63, 3.8) is 0 Å². The van der Waals surface area contributed by atoms with E-state index in [0.717, 1.165) is 66.6 Å². The van der Waals surface area contributed by atoms with E-state index in [1.54, 1.807) is 0 Å². The van der Waals surface area contributed by atoms with Gasteiger partial charge in [0.1, 0.15) is 11.2 Å². The van der Waals surface area contributed by atoms with Gasteiger partial charge in [0.15, 0.2) is 0 Å². The number of hydrogen-bond donors (Lipinski definition) is 0. The Bertz CT molecular complexity index is 3840. The lowest BCUT2D eigenvalue weighted by atomic mass is 9.93. The van der Waals surface area contributed by atoms with E-state index in [1.807, 2.05) is 0 Å². The number of fused-ring (bicyclic) bond motifs is 11. The molecular weight excluding hydrogens is 765 g/mol. The molecule has 0 aliphatic heterocycles. The summed E-state index contributed by atoms with van der Waals surface area (Å²) in [5.74, 6) is 0. The van der Waals surface area contributed by atoms with Crippen molar-refractivity contribution < 1.29 is 4.42 Å². The minimum atomic E-state index is 0.871. The van der Waals surface area contributed by atoms with Crippen LogP contribution in [0.15, 0.2) is 235 Å². The summed E-state index contributed by atoms with van der Waals surface area (Å²) in [6.45, 7) is 0. The first-order valence-electron chi connectivity index (χ1n) is 21.6. The molecule has 2 aromatic heterocycles. The molecule has 294 valence electrons. The quantitative estimate of drug-likeness (QED) is 0.156. The number of aromatic nitrogens is 1. The lowest BCUT2D eigenvalue weighted by molar-refractivity contribution is 0.674. The summed E-state index contributed by atoms with van der Waals surface area (Å²) in [7, 11) is 0. The molecule has 0 bridgehead atoms. The van der Waals surface area contributed by atoms with Crippen molar-refractivity contribution >= 4 is 93.1 Å². The maximum Gasteiger partial charge on any atom is 0.145 e. The second-order valence-electron chi connectivity index (χ2n) is 16.4. The lowest BCUT2D eigenvalue weighted by Gasteiger charge is -2.27. The third kappa shape index (κ3) is 5.53. The van der Waals surface area contributed by atoms with E-state index in [0.29, 0.717) is 0 Å². The van der Waals surface area contributed by atoms with Gasteiger partial charge in [-0.1, -0.05) is 158 Å². The Morgan fingerprint density at radius 2 is 0.889 bits per heavy atom. The molecule has 2 heterocycles. The average Bonchev–Trinajstić information content (AvgIpc) is 3.92. The van der Waals surface area contributed by atoms with Crippen LogP contribution >= 0.6 is 0 Å². The smallest absolute Gasteiger partial charge is 0.145 e. The predicted octanol–water partition coefficient (Wildman–Crippen LogP) is 16.9. The minimum Gasteiger partial charge on any atom is -0.455 e. The van der Waals surface area contributed by atoms with E-state index in [9.17, 15) is 0 Å². The molecule has 0 saturated carbocycles. The highest BCUT2D eigenvalue weighted by Crippen LogP contribution is 2.48. The molecule has 13 rings (SSSR count). The molecule has 0 spiro atoms. The molecule has 0 unspecified atom stereocenters. The fraction of sp³-hybridized carbons (Fsp3) is 0. The number of nitrogens with zero attached hydrogens (tertiary/aromatic N) is 2. The van der Waals surface area contributed by atoms with Crippen LogP contribution in [0.2, 0.25) is 0 Å². The highest BCUT2D eigenvalue weighted by atomic mass is 16.3. The first-order valence-corrected chi connectivity index (χ1v) is 21.6. The van der Waals surface area contributed by atoms with Crippen molar-refractivity contribution in [3.05, 3.63) is 231 Å². The number of furan rings is 1. The number of anilines is 3. The lowest BCUT2D eigenvalue weighted by Crippen LogP contribution is -2.10. The minimum absolute atomic E-state index is 0.871. The van der Waals surface area contributed by atoms with Crippen molar-refractivity contribution in [1.29, 1.82) is 0 Å². The third-order valence-corrected chi connectivity index (χ3v) is 13.0. The van der Waals surface area contributed by atoms with Gasteiger partial charge in [-0.2, -0.15) is 0 Å². The highest BCUT2D eigenvalue weighted by Gasteiger charge is 2.24. The van der Waals surface area contributed by atoms with Crippen molar-refractivity contribution in [2.75, 3.05) is 4.90 Å². The zero-order valence-electron chi connectivity index (χ0n) is 34.2. The van der Waals surface area contributed by atoms with E-state index in [4.69, 9.17) is 4.42 Å². The molecule has 3 heteroatoms. The summed E-state index contributed by atoms with van der Waals surface area (Å²) in [6, 6.07) is 83.4. The molecule has 0 atom stereocenters. The Labute approximate surface area is 363 Å². The van der Waals surface area contributed by atoms with E-state index < -0.39 is 0 Å². The molecule has 11 aromatic carbocycles. The Morgan fingerprint density at radius 3 is 1.60 bits per heavy atom. The van der Waals surface area contributed by atoms with Crippen LogP contribution in [0.1, 0.15) is 0 Å². The van der Waals surface area contributed by atoms with E-state index >= 15 is 0 Å². The van der Waals surface area contributed by atoms with E-state index in [-0.39, 0.29) is 0 Å². The molecule has 3 nitrogen and oxygen atoms in total. The van der Waals surface area contributed by atoms with Crippen LogP contribution in [0.5, 0.6) is 0 Å². The van der Waals surface area contributed by atoms with Gasteiger partial charge in [-0.15, -0.1) is 0 Å². The van der Waals surface area contributed by atoms with Gasteiger partial charge in [0.25, 0.3) is 0 Å². The molecule has 0 N–H and O–H groups in total. The summed E-state index contributed by atoms with van der Waals surface area (Å²) in [6.07, 6.45) is 0. The molecule has 0 aliphatic rings. The maximum absolute atomic E-state index is 7.09. The Balaban J connectivity index is 1.04. The summed E-state index contributed by atoms with van der Waals surface area (Å²) >= 11 is 0. The fourth-order valence-corrected chi connectivity index (χ4v) is 10.1. The zero-order valence-corrected chi connectivity index (χ0v) is 34.2. The average molecular weight is 803 g/mol. The van der Waals surface area contributed by atoms with E-state index in [2.05, 4.69) is 240 Å². The van der Waals surface area contributed by atoms with Crippen LogP contribution in [0, 0.1) is 0 Å². The number of para-hydroxylation sites is 2. The Hall–Kier alpha value is -8.40. The standard InChI is InChI=1S/C60H38N2O/c1-2-14-39(15-3-1)48-36-37-57(58-53-35-28-40-16-4-7-19-47(40)59(53)63-60(48)58)61(44-31-33-45(34-32-44)62-55-24-12-10-22-51(55)52-23-11-13-25-56(52)62)43-29-26-41(27-30-43)54-38-42-17-5-6-18-46(42)49-20-8-9-21-50(49)54/h1-38H. The summed E-state index contributed by atoms with van der Waals surface area (Å²) in [5.41, 5.74) is 13.0. The maximum atomic E-state index is 7.09. The van der Waals surface area contributed by atoms with Crippen molar-refractivity contribution in [3.8, 4) is 27.9 Å². The Kier molecular flexibility index (Phi) is 7.91. The van der Waals surface area contributed by atoms with E-state index in [1.165, 1.54) is 54.5 Å². The molecule has 0 aliphatic carbocycles. The SMILES string of the molecule is c1ccc(-c2ccc(N(c3ccc(-c4cc5ccccc5c5ccccc45)cc3)c3ccc(-n4c5ccccc5c5ccccc54)cc3)c3c2oc2c4ccccc4ccc23)cc1. The van der Waals surface area contributed by atoms with Gasteiger partial charge in [0, 0.05) is 44.2 Å². The number of rotatable bonds is 6. The monoisotopic (exact) mass is 802 g/mol. The first kappa shape index (κ1) is 35.4. The topological polar surface area (TPSA) is 21.3 Å². The normalized spacial score (nSPS) is 11.8. The van der Waals surface area contributed by atoms with Crippen LogP contribution in [-0.2, 0) is 0 Å². The number of hydrogen-bond acceptors (Lipinski definition) is 2. The third-order valence-electron chi connectivity index (χ3n) is 13.0. The van der Waals surface area contributed by atoms with Gasteiger partial charge < -0.3 is 13.9 Å². The van der Waals surface area contributed by atoms with Crippen molar-refractivity contribution in [2.24, 2.45) is 0 Å². The van der Waals surface area contributed by atoms with Gasteiger partial charge in [-0.05, 0) is 116 Å². The molecule has 0 fully saturated rings. The first-order chi connectivity index (χ1) is 31.3. The predicted molar refractivity (Wildman–Crippen MR) is 266 cm³/mol. The molecule has 0 radical (unpaired) electrons. The largest absolute Gasteiger partial charge is 0.455 e. The second kappa shape index (κ2) is 14.1. The summed E-state index contributed by atoms with van der Waals surface area (Å²) < 4.78 is 9.46. The van der Waals surface area contributed by atoms with Crippen LogP contribution in [0.4, 0.5) is 17.1 Å². The van der Waals surface area contributed by atoms with Gasteiger partial charge in [-0.3, -0.25) is 0 Å². The van der Waals surface area contributed by atoms with Crippen LogP contribution < -0.4 is 4.90 Å².